The van der Waals surface area contributed by atoms with E-state index in [1.807, 2.05) is 0 Å². The van der Waals surface area contributed by atoms with Crippen molar-refractivity contribution in [1.29, 1.82) is 5.26 Å². The zero-order valence-electron chi connectivity index (χ0n) is 18.5. The summed E-state index contributed by atoms with van der Waals surface area (Å²) in [5, 5.41) is 17.2. The van der Waals surface area contributed by atoms with Gasteiger partial charge in [0.25, 0.3) is 5.91 Å². The minimum absolute atomic E-state index is 0.124. The lowest BCUT2D eigenvalue weighted by Crippen LogP contribution is -2.59. The molecule has 4 rings (SSSR count). The largest absolute Gasteiger partial charge is 0.416 e. The molecule has 1 aromatic heterocycles. The number of benzene rings is 1. The number of nitrogens with zero attached hydrogens (tertiary/aromatic N) is 4. The van der Waals surface area contributed by atoms with Crippen LogP contribution in [0, 0.1) is 17.2 Å². The summed E-state index contributed by atoms with van der Waals surface area (Å²) < 4.78 is 40.1. The summed E-state index contributed by atoms with van der Waals surface area (Å²) in [6, 6.07) is 8.03. The molecule has 0 unspecified atom stereocenters. The van der Waals surface area contributed by atoms with E-state index in [-0.39, 0.29) is 23.3 Å². The molecule has 0 spiro atoms. The highest BCUT2D eigenvalue weighted by Gasteiger charge is 2.42. The van der Waals surface area contributed by atoms with E-state index in [0.29, 0.717) is 23.8 Å². The first kappa shape index (κ1) is 23.1. The molecular weight excluding hydrogens is 433 g/mol. The highest BCUT2D eigenvalue weighted by atomic mass is 19.4. The Morgan fingerprint density at radius 1 is 1.18 bits per heavy atom. The Labute approximate surface area is 190 Å². The minimum Gasteiger partial charge on any atom is -0.365 e. The fraction of sp³-hybridized carbons (Fsp3) is 0.522. The Hall–Kier alpha value is -3.06. The molecule has 1 saturated carbocycles. The summed E-state index contributed by atoms with van der Waals surface area (Å²) in [7, 11) is 0. The third kappa shape index (κ3) is 4.55. The molecule has 2 aromatic rings. The summed E-state index contributed by atoms with van der Waals surface area (Å²) >= 11 is 0. The number of rotatable bonds is 5. The maximum atomic E-state index is 12.8. The predicted octanol–water partition coefficient (Wildman–Crippen LogP) is 4.46. The number of amides is 1. The van der Waals surface area contributed by atoms with E-state index >= 15 is 0 Å². The van der Waals surface area contributed by atoms with Crippen LogP contribution in [0.25, 0.3) is 0 Å². The fourth-order valence-electron chi connectivity index (χ4n) is 5.33. The molecule has 2 fully saturated rings. The molecule has 10 heteroatoms. The van der Waals surface area contributed by atoms with Gasteiger partial charge in [-0.1, -0.05) is 0 Å². The molecule has 2 heterocycles. The molecule has 33 heavy (non-hydrogen) atoms. The lowest BCUT2D eigenvalue weighted by molar-refractivity contribution is -0.137. The molecule has 1 saturated heterocycles. The van der Waals surface area contributed by atoms with Crippen molar-refractivity contribution in [1.82, 2.24) is 14.7 Å². The monoisotopic (exact) mass is 460 g/mol. The number of primary amides is 1. The molecule has 2 aliphatic rings. The van der Waals surface area contributed by atoms with Gasteiger partial charge in [-0.3, -0.25) is 14.4 Å². The second-order valence-corrected chi connectivity index (χ2v) is 9.09. The van der Waals surface area contributed by atoms with Crippen molar-refractivity contribution in [3.8, 4) is 6.07 Å². The normalized spacial score (nSPS) is 28.1. The number of alkyl halides is 3. The summed E-state index contributed by atoms with van der Waals surface area (Å²) in [4.78, 5) is 14.5. The van der Waals surface area contributed by atoms with Crippen molar-refractivity contribution in [2.24, 2.45) is 11.7 Å². The van der Waals surface area contributed by atoms with E-state index in [4.69, 9.17) is 5.73 Å². The Kier molecular flexibility index (Phi) is 6.10. The van der Waals surface area contributed by atoms with Crippen LogP contribution in [0.3, 0.4) is 0 Å². The number of aromatic nitrogens is 2. The molecule has 0 bridgehead atoms. The number of likely N-dealkylation sites (tertiary alicyclic amines) is 1. The number of nitriles is 1. The third-order valence-corrected chi connectivity index (χ3v) is 6.89. The highest BCUT2D eigenvalue weighted by Crippen LogP contribution is 2.41. The number of carbonyl (C=O) groups is 1. The number of anilines is 2. The fourth-order valence-corrected chi connectivity index (χ4v) is 5.33. The number of nitrogens with one attached hydrogen (secondary N) is 1. The first-order chi connectivity index (χ1) is 15.6. The molecule has 5 atom stereocenters. The average Bonchev–Trinajstić information content (AvgIpc) is 3.17. The van der Waals surface area contributed by atoms with Crippen molar-refractivity contribution in [3.05, 3.63) is 41.6 Å². The molecular formula is C23H27F3N6O. The van der Waals surface area contributed by atoms with Gasteiger partial charge in [0.05, 0.1) is 23.6 Å². The summed E-state index contributed by atoms with van der Waals surface area (Å²) in [6.07, 6.45) is 0.637. The Balaban J connectivity index is 1.54. The average molecular weight is 461 g/mol. The SMILES string of the molecule is C[C@@H]1C[C@@H](C)N1[C@H]1CC[C@H](n2cc(C(N)=O)c(Nc3ccc(C(F)(F)F)cc3)n2)[C@@H](C#N)C1. The molecule has 176 valence electrons. The zero-order chi connectivity index (χ0) is 23.9. The van der Waals surface area contributed by atoms with Crippen LogP contribution in [0.4, 0.5) is 24.7 Å². The first-order valence-corrected chi connectivity index (χ1v) is 11.1. The van der Waals surface area contributed by atoms with Gasteiger partial charge in [0.2, 0.25) is 0 Å². The molecule has 1 aromatic carbocycles. The van der Waals surface area contributed by atoms with Gasteiger partial charge in [-0.05, 0) is 63.8 Å². The highest BCUT2D eigenvalue weighted by molar-refractivity contribution is 5.98. The number of nitrogens with two attached hydrogens (primary N) is 1. The molecule has 1 aliphatic heterocycles. The lowest BCUT2D eigenvalue weighted by Gasteiger charge is -2.52. The van der Waals surface area contributed by atoms with Crippen molar-refractivity contribution >= 4 is 17.4 Å². The van der Waals surface area contributed by atoms with Gasteiger partial charge in [0.1, 0.15) is 5.56 Å². The van der Waals surface area contributed by atoms with Crippen LogP contribution < -0.4 is 11.1 Å². The smallest absolute Gasteiger partial charge is 0.365 e. The van der Waals surface area contributed by atoms with Crippen molar-refractivity contribution in [2.45, 2.75) is 69.9 Å². The first-order valence-electron chi connectivity index (χ1n) is 11.1. The van der Waals surface area contributed by atoms with Gasteiger partial charge in [0.15, 0.2) is 5.82 Å². The van der Waals surface area contributed by atoms with Gasteiger partial charge in [-0.15, -0.1) is 0 Å². The minimum atomic E-state index is -4.44. The van der Waals surface area contributed by atoms with Crippen molar-refractivity contribution < 1.29 is 18.0 Å². The maximum Gasteiger partial charge on any atom is 0.416 e. The van der Waals surface area contributed by atoms with Gasteiger partial charge < -0.3 is 11.1 Å². The summed E-state index contributed by atoms with van der Waals surface area (Å²) in [5.41, 5.74) is 5.22. The van der Waals surface area contributed by atoms with Crippen LogP contribution in [0.15, 0.2) is 30.5 Å². The molecule has 1 amide bonds. The number of hydrogen-bond acceptors (Lipinski definition) is 5. The van der Waals surface area contributed by atoms with Crippen LogP contribution in [0.2, 0.25) is 0 Å². The quantitative estimate of drug-likeness (QED) is 0.686. The van der Waals surface area contributed by atoms with E-state index in [2.05, 4.69) is 35.2 Å². The van der Waals surface area contributed by atoms with E-state index in [0.717, 1.165) is 37.8 Å². The Bertz CT molecular complexity index is 1050. The van der Waals surface area contributed by atoms with Gasteiger partial charge in [-0.2, -0.15) is 23.5 Å². The van der Waals surface area contributed by atoms with E-state index in [1.54, 1.807) is 4.68 Å². The van der Waals surface area contributed by atoms with Gasteiger partial charge >= 0.3 is 6.18 Å². The summed E-state index contributed by atoms with van der Waals surface area (Å²) in [5.74, 6) is -0.824. The zero-order valence-corrected chi connectivity index (χ0v) is 18.5. The predicted molar refractivity (Wildman–Crippen MR) is 117 cm³/mol. The third-order valence-electron chi connectivity index (χ3n) is 6.89. The maximum absolute atomic E-state index is 12.8. The van der Waals surface area contributed by atoms with E-state index < -0.39 is 17.6 Å². The molecule has 0 radical (unpaired) electrons. The Morgan fingerprint density at radius 3 is 2.39 bits per heavy atom. The lowest BCUT2D eigenvalue weighted by atomic mass is 9.78. The topological polar surface area (TPSA) is 100.0 Å². The van der Waals surface area contributed by atoms with Gasteiger partial charge in [-0.25, -0.2) is 0 Å². The van der Waals surface area contributed by atoms with Crippen LogP contribution in [-0.4, -0.2) is 38.7 Å². The second kappa shape index (κ2) is 8.71. The number of carbonyl (C=O) groups excluding carboxylic acids is 1. The Morgan fingerprint density at radius 2 is 1.85 bits per heavy atom. The van der Waals surface area contributed by atoms with Crippen LogP contribution in [0.1, 0.15) is 61.5 Å². The standard InChI is InChI=1S/C23H27F3N6O/c1-13-9-14(2)32(13)18-7-8-20(15(10-18)11-27)31-12-19(21(28)33)22(30-31)29-17-5-3-16(4-6-17)23(24,25)26/h3-6,12-15,18,20H,7-10H2,1-2H3,(H2,28,33)(H,29,30)/t13-,14-,15-,18+,20+/m1/s1. The molecule has 3 N–H and O–H groups in total. The van der Waals surface area contributed by atoms with Crippen molar-refractivity contribution in [2.75, 3.05) is 5.32 Å². The van der Waals surface area contributed by atoms with Crippen molar-refractivity contribution in [3.63, 3.8) is 0 Å². The van der Waals surface area contributed by atoms with E-state index in [1.165, 1.54) is 18.3 Å². The van der Waals surface area contributed by atoms with Crippen LogP contribution in [0.5, 0.6) is 0 Å². The molecule has 1 aliphatic carbocycles. The second-order valence-electron chi connectivity index (χ2n) is 9.09. The number of halogens is 3. The van der Waals surface area contributed by atoms with Gasteiger partial charge in [0, 0.05) is 30.0 Å². The molecule has 7 nitrogen and oxygen atoms in total. The number of hydrogen-bond donors (Lipinski definition) is 2. The summed E-state index contributed by atoms with van der Waals surface area (Å²) in [6.45, 7) is 4.42. The van der Waals surface area contributed by atoms with Crippen LogP contribution >= 0.6 is 0 Å². The van der Waals surface area contributed by atoms with E-state index in [9.17, 15) is 23.2 Å². The van der Waals surface area contributed by atoms with Crippen LogP contribution in [-0.2, 0) is 6.18 Å².